The number of thioether (sulfide) groups is 1. The van der Waals surface area contributed by atoms with Crippen LogP contribution in [-0.2, 0) is 17.8 Å². The summed E-state index contributed by atoms with van der Waals surface area (Å²) in [6, 6.07) is 11.4. The van der Waals surface area contributed by atoms with Crippen LogP contribution in [0.3, 0.4) is 0 Å². The topological polar surface area (TPSA) is 128 Å². The number of ketones is 1. The molecule has 1 saturated heterocycles. The molecule has 0 spiro atoms. The van der Waals surface area contributed by atoms with Crippen molar-refractivity contribution >= 4 is 45.7 Å². The molecule has 0 aliphatic carbocycles. The minimum Gasteiger partial charge on any atom is -0.493 e. The van der Waals surface area contributed by atoms with Gasteiger partial charge in [0, 0.05) is 12.1 Å². The maximum Gasteiger partial charge on any atom is 0.269 e. The number of ether oxygens (including phenoxy) is 2. The first kappa shape index (κ1) is 23.6. The van der Waals surface area contributed by atoms with Gasteiger partial charge in [0.15, 0.2) is 17.3 Å². The van der Waals surface area contributed by atoms with Crippen molar-refractivity contribution in [1.29, 1.82) is 5.41 Å². The Hall–Kier alpha value is -3.57. The highest BCUT2D eigenvalue weighted by Crippen LogP contribution is 2.42. The second-order valence-electron chi connectivity index (χ2n) is 7.28. The highest BCUT2D eigenvalue weighted by molar-refractivity contribution is 8.19. The maximum atomic E-state index is 13.0. The predicted octanol–water partition coefficient (Wildman–Crippen LogP) is 5.01. The Morgan fingerprint density at radius 2 is 1.94 bits per heavy atom. The first-order chi connectivity index (χ1) is 16.4. The summed E-state index contributed by atoms with van der Waals surface area (Å²) in [5, 5.41) is 28.9. The molecular weight excluding hydrogens is 476 g/mol. The van der Waals surface area contributed by atoms with Crippen LogP contribution in [0.25, 0.3) is 6.08 Å². The minimum absolute atomic E-state index is 0.0188. The lowest BCUT2D eigenvalue weighted by molar-refractivity contribution is -0.384. The van der Waals surface area contributed by atoms with Crippen LogP contribution in [-0.4, -0.2) is 33.1 Å². The summed E-state index contributed by atoms with van der Waals surface area (Å²) in [6.45, 7) is 2.18. The maximum absolute atomic E-state index is 13.0. The van der Waals surface area contributed by atoms with Crippen LogP contribution in [0.15, 0.2) is 47.4 Å². The zero-order valence-electron chi connectivity index (χ0n) is 18.3. The van der Waals surface area contributed by atoms with E-state index in [0.717, 1.165) is 34.3 Å². The Morgan fingerprint density at radius 3 is 2.59 bits per heavy atom. The number of nitrogens with zero attached hydrogens (tertiary/aromatic N) is 3. The molecule has 1 aromatic heterocycles. The highest BCUT2D eigenvalue weighted by atomic mass is 32.2. The molecular formula is C23H20N4O5S2. The van der Waals surface area contributed by atoms with E-state index in [1.54, 1.807) is 36.4 Å². The van der Waals surface area contributed by atoms with Crippen LogP contribution in [0, 0.1) is 15.5 Å². The van der Waals surface area contributed by atoms with Crippen molar-refractivity contribution in [2.24, 2.45) is 0 Å². The van der Waals surface area contributed by atoms with Crippen molar-refractivity contribution in [2.75, 3.05) is 7.11 Å². The van der Waals surface area contributed by atoms with Crippen LogP contribution in [0.5, 0.6) is 11.5 Å². The SMILES string of the molecule is CCc1nnc([C@H]2C(=N)S/C(=C\c3ccc(OCc4ccc([N+](=O)[O-])cc4)c(OC)c3)C2=O)s1. The lowest BCUT2D eigenvalue weighted by Gasteiger charge is -2.11. The number of carbonyl (C=O) groups excluding carboxylic acids is 1. The number of nitro benzene ring substituents is 1. The molecule has 0 radical (unpaired) electrons. The summed E-state index contributed by atoms with van der Waals surface area (Å²) in [5.74, 6) is 0.126. The van der Waals surface area contributed by atoms with Crippen LogP contribution >= 0.6 is 23.1 Å². The number of aromatic nitrogens is 2. The first-order valence-corrected chi connectivity index (χ1v) is 11.9. The zero-order chi connectivity index (χ0) is 24.2. The van der Waals surface area contributed by atoms with Gasteiger partial charge in [-0.15, -0.1) is 21.5 Å². The van der Waals surface area contributed by atoms with Gasteiger partial charge in [0.05, 0.1) is 22.0 Å². The number of hydrogen-bond acceptors (Lipinski definition) is 10. The number of methoxy groups -OCH3 is 1. The van der Waals surface area contributed by atoms with Crippen molar-refractivity contribution in [2.45, 2.75) is 25.9 Å². The second-order valence-corrected chi connectivity index (χ2v) is 9.46. The van der Waals surface area contributed by atoms with Crippen molar-refractivity contribution in [3.05, 3.63) is 78.6 Å². The fourth-order valence-corrected chi connectivity index (χ4v) is 5.21. The number of hydrogen-bond donors (Lipinski definition) is 1. The summed E-state index contributed by atoms with van der Waals surface area (Å²) in [6.07, 6.45) is 2.46. The van der Waals surface area contributed by atoms with E-state index < -0.39 is 10.8 Å². The highest BCUT2D eigenvalue weighted by Gasteiger charge is 2.39. The van der Waals surface area contributed by atoms with E-state index in [4.69, 9.17) is 14.9 Å². The molecule has 0 saturated carbocycles. The number of nitrogens with one attached hydrogen (secondary N) is 1. The normalized spacial score (nSPS) is 16.8. The van der Waals surface area contributed by atoms with E-state index in [0.29, 0.717) is 21.4 Å². The van der Waals surface area contributed by atoms with Crippen molar-refractivity contribution in [3.63, 3.8) is 0 Å². The van der Waals surface area contributed by atoms with Gasteiger partial charge in [-0.1, -0.05) is 24.8 Å². The number of allylic oxidation sites excluding steroid dienone is 1. The quantitative estimate of drug-likeness (QED) is 0.262. The number of aryl methyl sites for hydroxylation is 1. The van der Waals surface area contributed by atoms with Crippen LogP contribution in [0.1, 0.15) is 34.0 Å². The average molecular weight is 497 g/mol. The van der Waals surface area contributed by atoms with Crippen LogP contribution < -0.4 is 9.47 Å². The lowest BCUT2D eigenvalue weighted by atomic mass is 10.1. The third-order valence-electron chi connectivity index (χ3n) is 5.05. The Morgan fingerprint density at radius 1 is 1.18 bits per heavy atom. The van der Waals surface area contributed by atoms with Crippen molar-refractivity contribution in [1.82, 2.24) is 10.2 Å². The fraction of sp³-hybridized carbons (Fsp3) is 0.217. The van der Waals surface area contributed by atoms with Gasteiger partial charge >= 0.3 is 0 Å². The van der Waals surface area contributed by atoms with Crippen LogP contribution in [0.2, 0.25) is 0 Å². The van der Waals surface area contributed by atoms with E-state index in [2.05, 4.69) is 10.2 Å². The van der Waals surface area contributed by atoms with Crippen molar-refractivity contribution < 1.29 is 19.2 Å². The summed E-state index contributed by atoms with van der Waals surface area (Å²) < 4.78 is 11.3. The molecule has 1 N–H and O–H groups in total. The molecule has 34 heavy (non-hydrogen) atoms. The number of rotatable bonds is 8. The molecule has 1 aliphatic heterocycles. The Kier molecular flexibility index (Phi) is 7.03. The Bertz CT molecular complexity index is 1290. The molecule has 11 heteroatoms. The van der Waals surface area contributed by atoms with Gasteiger partial charge in [-0.25, -0.2) is 0 Å². The van der Waals surface area contributed by atoms with E-state index in [1.807, 2.05) is 6.92 Å². The summed E-state index contributed by atoms with van der Waals surface area (Å²) in [7, 11) is 1.52. The summed E-state index contributed by atoms with van der Waals surface area (Å²) in [5.41, 5.74) is 1.53. The van der Waals surface area contributed by atoms with Gasteiger partial charge in [0.2, 0.25) is 0 Å². The number of carbonyl (C=O) groups is 1. The predicted molar refractivity (Wildman–Crippen MR) is 131 cm³/mol. The molecule has 1 aliphatic rings. The van der Waals surface area contributed by atoms with Crippen LogP contribution in [0.4, 0.5) is 5.69 Å². The first-order valence-electron chi connectivity index (χ1n) is 10.3. The van der Waals surface area contributed by atoms with Gasteiger partial charge in [0.1, 0.15) is 22.5 Å². The zero-order valence-corrected chi connectivity index (χ0v) is 19.9. The van der Waals surface area contributed by atoms with E-state index in [1.165, 1.54) is 30.6 Å². The molecule has 2 aromatic carbocycles. The largest absolute Gasteiger partial charge is 0.493 e. The Labute approximate surface area is 203 Å². The van der Waals surface area contributed by atoms with E-state index >= 15 is 0 Å². The Balaban J connectivity index is 1.49. The number of nitro groups is 1. The number of Topliss-reactive ketones (excluding diaryl/α,β-unsaturated/α-hetero) is 1. The smallest absolute Gasteiger partial charge is 0.269 e. The second kappa shape index (κ2) is 10.1. The monoisotopic (exact) mass is 496 g/mol. The lowest BCUT2D eigenvalue weighted by Crippen LogP contribution is -2.11. The molecule has 2 heterocycles. The summed E-state index contributed by atoms with van der Waals surface area (Å²) in [4.78, 5) is 23.8. The number of benzene rings is 2. The van der Waals surface area contributed by atoms with Crippen molar-refractivity contribution in [3.8, 4) is 11.5 Å². The van der Waals surface area contributed by atoms with E-state index in [9.17, 15) is 14.9 Å². The van der Waals surface area contributed by atoms with Gasteiger partial charge in [0.25, 0.3) is 5.69 Å². The molecule has 3 aromatic rings. The third kappa shape index (κ3) is 5.00. The molecule has 174 valence electrons. The summed E-state index contributed by atoms with van der Waals surface area (Å²) >= 11 is 2.50. The van der Waals surface area contributed by atoms with Gasteiger partial charge in [-0.3, -0.25) is 20.3 Å². The molecule has 0 amide bonds. The molecule has 1 fully saturated rings. The molecule has 4 rings (SSSR count). The van der Waals surface area contributed by atoms with Gasteiger partial charge < -0.3 is 9.47 Å². The molecule has 0 unspecified atom stereocenters. The van der Waals surface area contributed by atoms with E-state index in [-0.39, 0.29) is 23.1 Å². The third-order valence-corrected chi connectivity index (χ3v) is 7.17. The number of non-ortho nitro benzene ring substituents is 1. The molecule has 9 nitrogen and oxygen atoms in total. The minimum atomic E-state index is -0.694. The molecule has 1 atom stereocenters. The average Bonchev–Trinajstić information content (AvgIpc) is 3.41. The standard InChI is InChI=1S/C23H20N4O5S2/c1-3-19-25-26-23(34-19)20-21(28)18(33-22(20)24)11-14-6-9-16(17(10-14)31-2)32-12-13-4-7-15(8-5-13)27(29)30/h4-11,20,24H,3,12H2,1-2H3/b18-11-,24-22?/t20-/m1/s1. The van der Waals surface area contributed by atoms with Gasteiger partial charge in [-0.05, 0) is 47.9 Å². The fourth-order valence-electron chi connectivity index (χ4n) is 3.26. The van der Waals surface area contributed by atoms with Gasteiger partial charge in [-0.2, -0.15) is 0 Å². The molecule has 0 bridgehead atoms.